The molecule has 4 heterocycles. The summed E-state index contributed by atoms with van der Waals surface area (Å²) >= 11 is 1.65. The maximum atomic E-state index is 13.2. The number of hydrogen-bond acceptors (Lipinski definition) is 7. The lowest BCUT2D eigenvalue weighted by atomic mass is 9.90. The molecule has 4 aromatic rings. The summed E-state index contributed by atoms with van der Waals surface area (Å²) in [5.41, 5.74) is 3.08. The molecule has 3 aromatic heterocycles. The first-order chi connectivity index (χ1) is 19.6. The second kappa shape index (κ2) is 11.6. The fourth-order valence-corrected chi connectivity index (χ4v) is 6.29. The molecule has 0 N–H and O–H groups in total. The Bertz CT molecular complexity index is 1630. The number of carbonyl (C=O) groups excluding carboxylic acids is 2. The lowest BCUT2D eigenvalue weighted by Gasteiger charge is -2.27. The molecule has 0 saturated heterocycles. The van der Waals surface area contributed by atoms with Gasteiger partial charge >= 0.3 is 0 Å². The molecule has 1 aliphatic heterocycles. The predicted molar refractivity (Wildman–Crippen MR) is 163 cm³/mol. The van der Waals surface area contributed by atoms with E-state index in [1.165, 1.54) is 0 Å². The van der Waals surface area contributed by atoms with E-state index >= 15 is 0 Å². The summed E-state index contributed by atoms with van der Waals surface area (Å²) in [5, 5.41) is 3.70. The smallest absolute Gasteiger partial charge is 0.261 e. The molecule has 216 valence electrons. The lowest BCUT2D eigenvalue weighted by molar-refractivity contribution is -0.137. The van der Waals surface area contributed by atoms with E-state index < -0.39 is 5.41 Å². The number of pyridine rings is 1. The first-order valence-corrected chi connectivity index (χ1v) is 14.9. The second-order valence-corrected chi connectivity index (χ2v) is 12.1. The van der Waals surface area contributed by atoms with Gasteiger partial charge in [-0.1, -0.05) is 6.07 Å². The summed E-state index contributed by atoms with van der Waals surface area (Å²) in [5.74, 6) is -0.381. The molecular weight excluding hydrogens is 538 g/mol. The number of anilines is 2. The number of aryl methyl sites for hydroxylation is 2. The Hall–Kier alpha value is -3.76. The van der Waals surface area contributed by atoms with Crippen LogP contribution in [0.2, 0.25) is 0 Å². The van der Waals surface area contributed by atoms with Crippen LogP contribution in [0.3, 0.4) is 0 Å². The first-order valence-electron chi connectivity index (χ1n) is 14.0. The number of rotatable bonds is 10. The highest BCUT2D eigenvalue weighted by Crippen LogP contribution is 2.38. The van der Waals surface area contributed by atoms with Gasteiger partial charge in [0, 0.05) is 44.0 Å². The van der Waals surface area contributed by atoms with Gasteiger partial charge in [0.1, 0.15) is 16.0 Å². The van der Waals surface area contributed by atoms with E-state index in [0.29, 0.717) is 37.1 Å². The summed E-state index contributed by atoms with van der Waals surface area (Å²) in [6, 6.07) is 9.61. The fraction of sp³-hybridized carbons (Fsp3) is 0.419. The number of hydrogen-bond donors (Lipinski definition) is 0. The van der Waals surface area contributed by atoms with Crippen molar-refractivity contribution >= 4 is 45.5 Å². The normalized spacial score (nSPS) is 15.2. The standard InChI is InChI=1S/C31H37N5O4S/c1-6-36-24-10-9-22(18-25(24)33(5)29(38)31(3,4)30(36)39)8-7-13-34(19-27-32-21(2)20-41-27)15-16-35-14-11-26-23(28(35)37)12-17-40-26/h9-12,14,17-18,20H,6-8,13,15-16,19H2,1-5H3. The van der Waals surface area contributed by atoms with Crippen LogP contribution in [0.1, 0.15) is 43.5 Å². The Balaban J connectivity index is 1.30. The predicted octanol–water partition coefficient (Wildman–Crippen LogP) is 4.85. The maximum absolute atomic E-state index is 13.2. The summed E-state index contributed by atoms with van der Waals surface area (Å²) < 4.78 is 7.10. The summed E-state index contributed by atoms with van der Waals surface area (Å²) in [6.07, 6.45) is 5.03. The molecule has 0 fully saturated rings. The van der Waals surface area contributed by atoms with Crippen LogP contribution in [0.25, 0.3) is 11.0 Å². The molecule has 0 spiro atoms. The minimum Gasteiger partial charge on any atom is -0.464 e. The number of amides is 2. The van der Waals surface area contributed by atoms with Gasteiger partial charge in [0.15, 0.2) is 0 Å². The first kappa shape index (κ1) is 28.8. The quantitative estimate of drug-likeness (QED) is 0.251. The fourth-order valence-electron chi connectivity index (χ4n) is 5.48. The largest absolute Gasteiger partial charge is 0.464 e. The van der Waals surface area contributed by atoms with E-state index in [4.69, 9.17) is 4.42 Å². The minimum atomic E-state index is -1.12. The number of thiazole rings is 1. The van der Waals surface area contributed by atoms with Crippen molar-refractivity contribution in [3.8, 4) is 0 Å². The van der Waals surface area contributed by atoms with Crippen molar-refractivity contribution in [1.29, 1.82) is 0 Å². The SMILES string of the molecule is CCN1C(=O)C(C)(C)C(=O)N(C)c2cc(CCCN(CCn3ccc4occc4c3=O)Cc3nc(C)cs3)ccc21. The van der Waals surface area contributed by atoms with Crippen molar-refractivity contribution in [2.24, 2.45) is 5.41 Å². The zero-order valence-corrected chi connectivity index (χ0v) is 25.2. The van der Waals surface area contributed by atoms with Crippen LogP contribution >= 0.6 is 11.3 Å². The van der Waals surface area contributed by atoms with E-state index in [1.807, 2.05) is 32.0 Å². The van der Waals surface area contributed by atoms with Gasteiger partial charge in [-0.25, -0.2) is 4.98 Å². The van der Waals surface area contributed by atoms with Crippen LogP contribution in [0.5, 0.6) is 0 Å². The Kier molecular flexibility index (Phi) is 8.15. The van der Waals surface area contributed by atoms with Crippen LogP contribution in [0.4, 0.5) is 11.4 Å². The average molecular weight is 576 g/mol. The van der Waals surface area contributed by atoms with Gasteiger partial charge < -0.3 is 18.8 Å². The molecule has 5 rings (SSSR count). The number of furan rings is 1. The monoisotopic (exact) mass is 575 g/mol. The molecule has 9 nitrogen and oxygen atoms in total. The van der Waals surface area contributed by atoms with Gasteiger partial charge in [0.25, 0.3) is 5.56 Å². The third-order valence-corrected chi connectivity index (χ3v) is 8.79. The van der Waals surface area contributed by atoms with Gasteiger partial charge in [-0.15, -0.1) is 11.3 Å². The topological polar surface area (TPSA) is 91.9 Å². The van der Waals surface area contributed by atoms with E-state index in [1.54, 1.807) is 65.1 Å². The Morgan fingerprint density at radius 2 is 1.85 bits per heavy atom. The molecule has 2 amide bonds. The van der Waals surface area contributed by atoms with Crippen molar-refractivity contribution in [3.63, 3.8) is 0 Å². The second-order valence-electron chi connectivity index (χ2n) is 11.1. The molecule has 0 unspecified atom stereocenters. The Morgan fingerprint density at radius 1 is 1.05 bits per heavy atom. The zero-order valence-electron chi connectivity index (χ0n) is 24.3. The minimum absolute atomic E-state index is 0.0484. The van der Waals surface area contributed by atoms with E-state index in [0.717, 1.165) is 47.0 Å². The van der Waals surface area contributed by atoms with Crippen molar-refractivity contribution in [1.82, 2.24) is 14.5 Å². The number of nitrogens with zero attached hydrogens (tertiary/aromatic N) is 5. The van der Waals surface area contributed by atoms with Crippen molar-refractivity contribution in [2.75, 3.05) is 36.5 Å². The van der Waals surface area contributed by atoms with Crippen molar-refractivity contribution in [2.45, 2.75) is 53.6 Å². The van der Waals surface area contributed by atoms with Crippen molar-refractivity contribution in [3.05, 3.63) is 74.8 Å². The highest BCUT2D eigenvalue weighted by Gasteiger charge is 2.45. The van der Waals surface area contributed by atoms with E-state index in [2.05, 4.69) is 21.3 Å². The molecule has 0 radical (unpaired) electrons. The van der Waals surface area contributed by atoms with Gasteiger partial charge in [-0.05, 0) is 76.9 Å². The van der Waals surface area contributed by atoms with E-state index in [9.17, 15) is 14.4 Å². The van der Waals surface area contributed by atoms with Gasteiger partial charge in [-0.3, -0.25) is 19.3 Å². The molecule has 10 heteroatoms. The molecule has 0 atom stereocenters. The number of carbonyl (C=O) groups is 2. The highest BCUT2D eigenvalue weighted by atomic mass is 32.1. The van der Waals surface area contributed by atoms with Gasteiger partial charge in [-0.2, -0.15) is 0 Å². The van der Waals surface area contributed by atoms with Crippen LogP contribution in [0, 0.1) is 12.3 Å². The maximum Gasteiger partial charge on any atom is 0.261 e. The number of benzene rings is 1. The zero-order chi connectivity index (χ0) is 29.3. The van der Waals surface area contributed by atoms with Crippen LogP contribution in [0.15, 0.2) is 57.4 Å². The third kappa shape index (κ3) is 5.71. The summed E-state index contributed by atoms with van der Waals surface area (Å²) in [6.45, 7) is 10.6. The molecule has 0 aliphatic carbocycles. The van der Waals surface area contributed by atoms with Gasteiger partial charge in [0.2, 0.25) is 11.8 Å². The number of aromatic nitrogens is 2. The molecule has 0 saturated carbocycles. The summed E-state index contributed by atoms with van der Waals surface area (Å²) in [4.78, 5) is 49.6. The summed E-state index contributed by atoms with van der Waals surface area (Å²) in [7, 11) is 1.75. The van der Waals surface area contributed by atoms with Gasteiger partial charge in [0.05, 0.1) is 29.6 Å². The molecule has 41 heavy (non-hydrogen) atoms. The molecular formula is C31H37N5O4S. The highest BCUT2D eigenvalue weighted by molar-refractivity contribution is 7.09. The van der Waals surface area contributed by atoms with Crippen molar-refractivity contribution < 1.29 is 14.0 Å². The third-order valence-electron chi connectivity index (χ3n) is 7.84. The molecule has 1 aromatic carbocycles. The molecule has 0 bridgehead atoms. The van der Waals surface area contributed by atoms with Crippen LogP contribution in [-0.2, 0) is 29.1 Å². The Labute approximate surface area is 244 Å². The average Bonchev–Trinajstić information content (AvgIpc) is 3.60. The molecule has 1 aliphatic rings. The van der Waals surface area contributed by atoms with E-state index in [-0.39, 0.29) is 17.4 Å². The number of fused-ring (bicyclic) bond motifs is 2. The van der Waals surface area contributed by atoms with Crippen LogP contribution < -0.4 is 15.4 Å². The van der Waals surface area contributed by atoms with Crippen LogP contribution in [-0.4, -0.2) is 52.9 Å². The Morgan fingerprint density at radius 3 is 2.59 bits per heavy atom. The lowest BCUT2D eigenvalue weighted by Crippen LogP contribution is -2.47.